The van der Waals surface area contributed by atoms with E-state index < -0.39 is 0 Å². The van der Waals surface area contributed by atoms with E-state index in [1.165, 1.54) is 5.56 Å². The normalized spacial score (nSPS) is 18.5. The zero-order chi connectivity index (χ0) is 24.1. The maximum absolute atomic E-state index is 12.2. The number of hydrogen-bond acceptors (Lipinski definition) is 5. The summed E-state index contributed by atoms with van der Waals surface area (Å²) >= 11 is 0. The Bertz CT molecular complexity index is 549. The summed E-state index contributed by atoms with van der Waals surface area (Å²) in [4.78, 5) is 25.5. The molecule has 2 aliphatic heterocycles. The Morgan fingerprint density at radius 2 is 1.68 bits per heavy atom. The molecular weight excluding hydrogens is 394 g/mol. The molecule has 2 atom stereocenters. The zero-order valence-corrected chi connectivity index (χ0v) is 20.4. The first-order valence-electron chi connectivity index (χ1n) is 11.4. The van der Waals surface area contributed by atoms with E-state index in [4.69, 9.17) is 10.2 Å². The number of likely N-dealkylation sites (N-methyl/N-ethyl adjacent to an activating group) is 1. The fraction of sp³-hybridized carbons (Fsp3) is 0.667. The molecule has 3 rings (SSSR count). The Balaban J connectivity index is 0. The molecule has 31 heavy (non-hydrogen) atoms. The number of likely N-dealkylation sites (tertiary alicyclic amines) is 1. The SMILES string of the molecule is CC.CCO.CCc1ccccc1.CNC(=O)C1CCCN1C(=O)C1CCCN1.CO. The minimum absolute atomic E-state index is 0.0381. The van der Waals surface area contributed by atoms with Gasteiger partial charge in [0.2, 0.25) is 11.8 Å². The first kappa shape index (κ1) is 31.2. The Hall–Kier alpha value is -1.96. The molecule has 7 heteroatoms. The van der Waals surface area contributed by atoms with Crippen LogP contribution in [0.4, 0.5) is 0 Å². The van der Waals surface area contributed by atoms with E-state index in [1.54, 1.807) is 18.9 Å². The number of nitrogens with zero attached hydrogens (tertiary/aromatic N) is 1. The van der Waals surface area contributed by atoms with Crippen LogP contribution in [0.25, 0.3) is 0 Å². The highest BCUT2D eigenvalue weighted by molar-refractivity contribution is 5.90. The lowest BCUT2D eigenvalue weighted by Crippen LogP contribution is -2.50. The van der Waals surface area contributed by atoms with Crippen molar-refractivity contribution in [3.05, 3.63) is 35.9 Å². The summed E-state index contributed by atoms with van der Waals surface area (Å²) in [6, 6.07) is 10.1. The zero-order valence-electron chi connectivity index (χ0n) is 20.4. The van der Waals surface area contributed by atoms with E-state index in [9.17, 15) is 9.59 Å². The van der Waals surface area contributed by atoms with Crippen LogP contribution in [0.2, 0.25) is 0 Å². The van der Waals surface area contributed by atoms with Crippen LogP contribution >= 0.6 is 0 Å². The Morgan fingerprint density at radius 3 is 2.10 bits per heavy atom. The predicted molar refractivity (Wildman–Crippen MR) is 128 cm³/mol. The molecule has 0 radical (unpaired) electrons. The molecule has 1 aromatic carbocycles. The maximum atomic E-state index is 12.2. The van der Waals surface area contributed by atoms with Crippen molar-refractivity contribution in [2.24, 2.45) is 0 Å². The standard InChI is InChI=1S/C11H19N3O2.C8H10.C2H6O.C2H6.CH4O/c1-12-10(15)9-5-3-7-14(9)11(16)8-4-2-6-13-8;1-2-8-6-4-3-5-7-8;1-2-3;2*1-2/h8-9,13H,2-7H2,1H3,(H,12,15);3-7H,2H2,1H3;3H,2H2,1H3;1-2H3;2H,1H3. The van der Waals surface area contributed by atoms with Crippen molar-refractivity contribution in [3.8, 4) is 0 Å². The van der Waals surface area contributed by atoms with Crippen molar-refractivity contribution >= 4 is 11.8 Å². The largest absolute Gasteiger partial charge is 0.400 e. The van der Waals surface area contributed by atoms with Gasteiger partial charge in [0.25, 0.3) is 0 Å². The minimum atomic E-state index is -0.250. The molecule has 0 aromatic heterocycles. The van der Waals surface area contributed by atoms with Gasteiger partial charge in [-0.25, -0.2) is 0 Å². The molecule has 7 nitrogen and oxygen atoms in total. The van der Waals surface area contributed by atoms with Crippen molar-refractivity contribution in [2.75, 3.05) is 33.9 Å². The maximum Gasteiger partial charge on any atom is 0.242 e. The molecule has 4 N–H and O–H groups in total. The summed E-state index contributed by atoms with van der Waals surface area (Å²) < 4.78 is 0. The number of nitrogens with one attached hydrogen (secondary N) is 2. The number of carbonyl (C=O) groups is 2. The van der Waals surface area contributed by atoms with Gasteiger partial charge in [-0.3, -0.25) is 9.59 Å². The molecule has 0 bridgehead atoms. The molecule has 1 aromatic rings. The average molecular weight is 440 g/mol. The van der Waals surface area contributed by atoms with Crippen LogP contribution in [0.3, 0.4) is 0 Å². The number of aliphatic hydroxyl groups excluding tert-OH is 2. The topological polar surface area (TPSA) is 102 Å². The van der Waals surface area contributed by atoms with E-state index in [-0.39, 0.29) is 30.5 Å². The van der Waals surface area contributed by atoms with Gasteiger partial charge in [-0.1, -0.05) is 51.1 Å². The first-order valence-corrected chi connectivity index (χ1v) is 11.4. The summed E-state index contributed by atoms with van der Waals surface area (Å²) in [5.74, 6) is 0.0625. The number of rotatable bonds is 3. The Labute approximate surface area is 189 Å². The van der Waals surface area contributed by atoms with Crippen molar-refractivity contribution in [2.45, 2.75) is 71.9 Å². The number of hydrogen-bond donors (Lipinski definition) is 4. The van der Waals surface area contributed by atoms with E-state index in [1.807, 2.05) is 19.9 Å². The van der Waals surface area contributed by atoms with Crippen LogP contribution in [-0.4, -0.2) is 72.9 Å². The lowest BCUT2D eigenvalue weighted by Gasteiger charge is -2.26. The summed E-state index contributed by atoms with van der Waals surface area (Å²) in [5.41, 5.74) is 1.41. The summed E-state index contributed by atoms with van der Waals surface area (Å²) in [7, 11) is 2.62. The second-order valence-corrected chi connectivity index (χ2v) is 6.61. The molecule has 2 heterocycles. The third kappa shape index (κ3) is 12.5. The lowest BCUT2D eigenvalue weighted by molar-refractivity contribution is -0.139. The van der Waals surface area contributed by atoms with E-state index in [2.05, 4.69) is 41.8 Å². The van der Waals surface area contributed by atoms with Crippen LogP contribution in [0.1, 0.15) is 58.9 Å². The van der Waals surface area contributed by atoms with Crippen molar-refractivity contribution < 1.29 is 19.8 Å². The van der Waals surface area contributed by atoms with E-state index in [0.29, 0.717) is 0 Å². The van der Waals surface area contributed by atoms with Gasteiger partial charge >= 0.3 is 0 Å². The number of aliphatic hydroxyl groups is 2. The first-order chi connectivity index (χ1) is 15.1. The number of amides is 2. The number of benzene rings is 1. The third-order valence-electron chi connectivity index (χ3n) is 4.69. The second-order valence-electron chi connectivity index (χ2n) is 6.61. The van der Waals surface area contributed by atoms with Gasteiger partial charge < -0.3 is 25.7 Å². The molecule has 0 saturated carbocycles. The van der Waals surface area contributed by atoms with Crippen LogP contribution in [0.5, 0.6) is 0 Å². The molecular formula is C24H45N3O4. The van der Waals surface area contributed by atoms with E-state index in [0.717, 1.165) is 52.3 Å². The van der Waals surface area contributed by atoms with Crippen molar-refractivity contribution in [3.63, 3.8) is 0 Å². The van der Waals surface area contributed by atoms with E-state index >= 15 is 0 Å². The predicted octanol–water partition coefficient (Wildman–Crippen LogP) is 2.36. The molecule has 2 unspecified atom stereocenters. The number of aryl methyl sites for hydroxylation is 1. The van der Waals surface area contributed by atoms with Crippen molar-refractivity contribution in [1.82, 2.24) is 15.5 Å². The molecule has 2 fully saturated rings. The molecule has 180 valence electrons. The lowest BCUT2D eigenvalue weighted by atomic mass is 10.1. The minimum Gasteiger partial charge on any atom is -0.400 e. The van der Waals surface area contributed by atoms with Gasteiger partial charge in [0.15, 0.2) is 0 Å². The van der Waals surface area contributed by atoms with Crippen molar-refractivity contribution in [1.29, 1.82) is 0 Å². The van der Waals surface area contributed by atoms with Gasteiger partial charge in [-0.2, -0.15) is 0 Å². The average Bonchev–Trinajstić information content (AvgIpc) is 3.55. The van der Waals surface area contributed by atoms with Gasteiger partial charge in [0, 0.05) is 27.3 Å². The van der Waals surface area contributed by atoms with Gasteiger partial charge in [-0.15, -0.1) is 0 Å². The van der Waals surface area contributed by atoms with Crippen LogP contribution in [-0.2, 0) is 16.0 Å². The Kier molecular flexibility index (Phi) is 21.4. The van der Waals surface area contributed by atoms with Gasteiger partial charge in [-0.05, 0) is 51.1 Å². The molecule has 2 aliphatic rings. The van der Waals surface area contributed by atoms with Crippen LogP contribution in [0, 0.1) is 0 Å². The smallest absolute Gasteiger partial charge is 0.242 e. The quantitative estimate of drug-likeness (QED) is 0.579. The summed E-state index contributed by atoms with van der Waals surface area (Å²) in [6.07, 6.45) is 4.81. The highest BCUT2D eigenvalue weighted by atomic mass is 16.2. The van der Waals surface area contributed by atoms with Gasteiger partial charge in [0.05, 0.1) is 6.04 Å². The van der Waals surface area contributed by atoms with Crippen LogP contribution < -0.4 is 10.6 Å². The fourth-order valence-corrected chi connectivity index (χ4v) is 3.28. The highest BCUT2D eigenvalue weighted by Crippen LogP contribution is 2.20. The molecule has 0 spiro atoms. The second kappa shape index (κ2) is 21.3. The molecule has 2 saturated heterocycles. The number of carbonyl (C=O) groups excluding carboxylic acids is 2. The third-order valence-corrected chi connectivity index (χ3v) is 4.69. The van der Waals surface area contributed by atoms with Gasteiger partial charge in [0.1, 0.15) is 6.04 Å². The fourth-order valence-electron chi connectivity index (χ4n) is 3.28. The molecule has 0 aliphatic carbocycles. The summed E-state index contributed by atoms with van der Waals surface area (Å²) in [6.45, 7) is 9.72. The Morgan fingerprint density at radius 1 is 1.10 bits per heavy atom. The monoisotopic (exact) mass is 439 g/mol. The molecule has 2 amide bonds. The highest BCUT2D eigenvalue weighted by Gasteiger charge is 2.37. The van der Waals surface area contributed by atoms with Crippen LogP contribution in [0.15, 0.2) is 30.3 Å². The summed E-state index contributed by atoms with van der Waals surface area (Å²) in [5, 5.41) is 20.4.